The first-order chi connectivity index (χ1) is 9.09. The number of morpholine rings is 1. The van der Waals surface area contributed by atoms with Crippen LogP contribution in [0, 0.1) is 27.7 Å². The lowest BCUT2D eigenvalue weighted by Crippen LogP contribution is -2.39. The molecule has 3 heteroatoms. The monoisotopic (exact) mass is 262 g/mol. The van der Waals surface area contributed by atoms with Crippen molar-refractivity contribution in [3.05, 3.63) is 28.3 Å². The molecule has 106 valence electrons. The van der Waals surface area contributed by atoms with Gasteiger partial charge in [-0.2, -0.15) is 0 Å². The molecule has 1 saturated heterocycles. The predicted octanol–water partition coefficient (Wildman–Crippen LogP) is 2.66. The minimum absolute atomic E-state index is 0.877. The number of nitrogens with zero attached hydrogens (tertiary/aromatic N) is 1. The molecule has 0 aliphatic carbocycles. The Bertz CT molecular complexity index is 411. The maximum Gasteiger partial charge on any atom is 0.0594 e. The van der Waals surface area contributed by atoms with Crippen LogP contribution in [0.25, 0.3) is 0 Å². The van der Waals surface area contributed by atoms with E-state index in [1.165, 1.54) is 27.9 Å². The molecule has 0 atom stereocenters. The molecule has 3 nitrogen and oxygen atoms in total. The molecular formula is C16H26N2O. The molecule has 1 aromatic carbocycles. The van der Waals surface area contributed by atoms with Crippen molar-refractivity contribution in [2.24, 2.45) is 0 Å². The summed E-state index contributed by atoms with van der Waals surface area (Å²) in [6.07, 6.45) is 0. The molecule has 0 radical (unpaired) electrons. The van der Waals surface area contributed by atoms with Crippen molar-refractivity contribution in [3.63, 3.8) is 0 Å². The Morgan fingerprint density at radius 2 is 1.63 bits per heavy atom. The topological polar surface area (TPSA) is 24.5 Å². The summed E-state index contributed by atoms with van der Waals surface area (Å²) in [4.78, 5) is 2.46. The molecule has 1 N–H and O–H groups in total. The minimum atomic E-state index is 0.877. The molecule has 1 aliphatic heterocycles. The Morgan fingerprint density at radius 3 is 2.21 bits per heavy atom. The third-order valence-corrected chi connectivity index (χ3v) is 4.20. The molecule has 0 aromatic heterocycles. The lowest BCUT2D eigenvalue weighted by Gasteiger charge is -2.27. The van der Waals surface area contributed by atoms with E-state index in [0.29, 0.717) is 0 Å². The zero-order valence-electron chi connectivity index (χ0n) is 12.7. The van der Waals surface area contributed by atoms with Gasteiger partial charge in [0.15, 0.2) is 0 Å². The summed E-state index contributed by atoms with van der Waals surface area (Å²) in [5.41, 5.74) is 6.83. The van der Waals surface area contributed by atoms with Gasteiger partial charge in [0.1, 0.15) is 0 Å². The zero-order valence-corrected chi connectivity index (χ0v) is 12.7. The summed E-state index contributed by atoms with van der Waals surface area (Å²) in [6, 6.07) is 2.28. The van der Waals surface area contributed by atoms with Crippen molar-refractivity contribution >= 4 is 5.69 Å². The highest BCUT2D eigenvalue weighted by Gasteiger charge is 2.11. The summed E-state index contributed by atoms with van der Waals surface area (Å²) >= 11 is 0. The highest BCUT2D eigenvalue weighted by atomic mass is 16.5. The van der Waals surface area contributed by atoms with Gasteiger partial charge in [0, 0.05) is 31.9 Å². The fourth-order valence-corrected chi connectivity index (χ4v) is 2.65. The molecule has 1 heterocycles. The van der Waals surface area contributed by atoms with E-state index in [-0.39, 0.29) is 0 Å². The van der Waals surface area contributed by atoms with Crippen molar-refractivity contribution in [1.82, 2.24) is 4.90 Å². The van der Waals surface area contributed by atoms with Gasteiger partial charge < -0.3 is 10.1 Å². The van der Waals surface area contributed by atoms with Gasteiger partial charge >= 0.3 is 0 Å². The van der Waals surface area contributed by atoms with Crippen LogP contribution in [0.3, 0.4) is 0 Å². The second-order valence-electron chi connectivity index (χ2n) is 5.52. The average molecular weight is 262 g/mol. The lowest BCUT2D eigenvalue weighted by atomic mass is 9.99. The maximum absolute atomic E-state index is 5.37. The third kappa shape index (κ3) is 3.48. The highest BCUT2D eigenvalue weighted by molar-refractivity contribution is 5.62. The minimum Gasteiger partial charge on any atom is -0.383 e. The Morgan fingerprint density at radius 1 is 1.05 bits per heavy atom. The number of hydrogen-bond acceptors (Lipinski definition) is 3. The van der Waals surface area contributed by atoms with Gasteiger partial charge in [-0.3, -0.25) is 4.90 Å². The number of rotatable bonds is 4. The van der Waals surface area contributed by atoms with E-state index in [0.717, 1.165) is 39.4 Å². The van der Waals surface area contributed by atoms with Crippen LogP contribution in [0.1, 0.15) is 22.3 Å². The molecule has 0 bridgehead atoms. The van der Waals surface area contributed by atoms with Crippen LogP contribution in [-0.2, 0) is 4.74 Å². The van der Waals surface area contributed by atoms with Crippen LogP contribution in [0.4, 0.5) is 5.69 Å². The Kier molecular flexibility index (Phi) is 4.83. The van der Waals surface area contributed by atoms with Crippen LogP contribution in [0.15, 0.2) is 6.07 Å². The van der Waals surface area contributed by atoms with E-state index >= 15 is 0 Å². The standard InChI is InChI=1S/C16H26N2O/c1-12-11-13(2)15(4)16(14(12)3)17-5-6-18-7-9-19-10-8-18/h11,17H,5-10H2,1-4H3. The molecular weight excluding hydrogens is 236 g/mol. The summed E-state index contributed by atoms with van der Waals surface area (Å²) in [5, 5.41) is 3.63. The molecule has 1 aliphatic rings. The van der Waals surface area contributed by atoms with Gasteiger partial charge in [-0.25, -0.2) is 0 Å². The van der Waals surface area contributed by atoms with E-state index in [4.69, 9.17) is 4.74 Å². The van der Waals surface area contributed by atoms with E-state index in [2.05, 4.69) is 44.0 Å². The smallest absolute Gasteiger partial charge is 0.0594 e. The van der Waals surface area contributed by atoms with Gasteiger partial charge in [-0.05, 0) is 49.9 Å². The number of ether oxygens (including phenoxy) is 1. The first-order valence-electron chi connectivity index (χ1n) is 7.21. The van der Waals surface area contributed by atoms with Crippen LogP contribution in [0.5, 0.6) is 0 Å². The van der Waals surface area contributed by atoms with Gasteiger partial charge in [0.05, 0.1) is 13.2 Å². The molecule has 2 rings (SSSR count). The molecule has 1 fully saturated rings. The quantitative estimate of drug-likeness (QED) is 0.903. The second kappa shape index (κ2) is 6.40. The van der Waals surface area contributed by atoms with Gasteiger partial charge in [-0.1, -0.05) is 6.07 Å². The number of nitrogens with one attached hydrogen (secondary N) is 1. The van der Waals surface area contributed by atoms with Crippen LogP contribution in [-0.4, -0.2) is 44.3 Å². The number of hydrogen-bond donors (Lipinski definition) is 1. The van der Waals surface area contributed by atoms with Crippen molar-refractivity contribution in [2.75, 3.05) is 44.7 Å². The summed E-state index contributed by atoms with van der Waals surface area (Å²) < 4.78 is 5.37. The summed E-state index contributed by atoms with van der Waals surface area (Å²) in [7, 11) is 0. The first-order valence-corrected chi connectivity index (χ1v) is 7.21. The van der Waals surface area contributed by atoms with Crippen LogP contribution < -0.4 is 5.32 Å². The van der Waals surface area contributed by atoms with Crippen LogP contribution in [0.2, 0.25) is 0 Å². The fourth-order valence-electron chi connectivity index (χ4n) is 2.65. The van der Waals surface area contributed by atoms with Gasteiger partial charge in [0.25, 0.3) is 0 Å². The Labute approximate surface area is 116 Å². The van der Waals surface area contributed by atoms with Gasteiger partial charge in [0.2, 0.25) is 0 Å². The first kappa shape index (κ1) is 14.4. The largest absolute Gasteiger partial charge is 0.383 e. The predicted molar refractivity (Wildman–Crippen MR) is 81.1 cm³/mol. The molecule has 0 amide bonds. The maximum atomic E-state index is 5.37. The van der Waals surface area contributed by atoms with E-state index in [1.54, 1.807) is 0 Å². The number of benzene rings is 1. The van der Waals surface area contributed by atoms with E-state index in [1.807, 2.05) is 0 Å². The van der Waals surface area contributed by atoms with Crippen LogP contribution >= 0.6 is 0 Å². The van der Waals surface area contributed by atoms with Crippen molar-refractivity contribution in [1.29, 1.82) is 0 Å². The molecule has 1 aromatic rings. The molecule has 0 unspecified atom stereocenters. The zero-order chi connectivity index (χ0) is 13.8. The normalized spacial score (nSPS) is 16.6. The van der Waals surface area contributed by atoms with Gasteiger partial charge in [-0.15, -0.1) is 0 Å². The second-order valence-corrected chi connectivity index (χ2v) is 5.52. The lowest BCUT2D eigenvalue weighted by molar-refractivity contribution is 0.0398. The highest BCUT2D eigenvalue weighted by Crippen LogP contribution is 2.26. The molecule has 0 spiro atoms. The molecule has 0 saturated carbocycles. The number of anilines is 1. The molecule has 19 heavy (non-hydrogen) atoms. The van der Waals surface area contributed by atoms with Crippen molar-refractivity contribution < 1.29 is 4.74 Å². The number of aryl methyl sites for hydroxylation is 2. The van der Waals surface area contributed by atoms with E-state index in [9.17, 15) is 0 Å². The van der Waals surface area contributed by atoms with E-state index < -0.39 is 0 Å². The Balaban J connectivity index is 1.95. The van der Waals surface area contributed by atoms with Crippen molar-refractivity contribution in [3.8, 4) is 0 Å². The fraction of sp³-hybridized carbons (Fsp3) is 0.625. The average Bonchev–Trinajstić information content (AvgIpc) is 2.42. The SMILES string of the molecule is Cc1cc(C)c(C)c(NCCN2CCOCC2)c1C. The third-order valence-electron chi connectivity index (χ3n) is 4.20. The Hall–Kier alpha value is -1.06. The van der Waals surface area contributed by atoms with Crippen molar-refractivity contribution in [2.45, 2.75) is 27.7 Å². The summed E-state index contributed by atoms with van der Waals surface area (Å²) in [5.74, 6) is 0. The summed E-state index contributed by atoms with van der Waals surface area (Å²) in [6.45, 7) is 14.8.